The van der Waals surface area contributed by atoms with Gasteiger partial charge in [-0.25, -0.2) is 13.1 Å². The van der Waals surface area contributed by atoms with Crippen LogP contribution in [0.2, 0.25) is 4.34 Å². The maximum Gasteiger partial charge on any atom is 0.250 e. The van der Waals surface area contributed by atoms with Gasteiger partial charge >= 0.3 is 0 Å². The third-order valence-electron chi connectivity index (χ3n) is 3.70. The quantitative estimate of drug-likeness (QED) is 0.838. The molecule has 2 N–H and O–H groups in total. The molecule has 1 aliphatic carbocycles. The lowest BCUT2D eigenvalue weighted by Crippen LogP contribution is -2.38. The molecule has 0 bridgehead atoms. The molecule has 0 unspecified atom stereocenters. The predicted molar refractivity (Wildman–Crippen MR) is 81.7 cm³/mol. The lowest BCUT2D eigenvalue weighted by Gasteiger charge is -2.25. The van der Waals surface area contributed by atoms with Gasteiger partial charge in [0.1, 0.15) is 4.21 Å². The van der Waals surface area contributed by atoms with E-state index in [-0.39, 0.29) is 10.8 Å². The summed E-state index contributed by atoms with van der Waals surface area (Å²) < 4.78 is 27.6. The van der Waals surface area contributed by atoms with E-state index in [4.69, 9.17) is 11.6 Å². The predicted octanol–water partition coefficient (Wildman–Crippen LogP) is 3.01. The van der Waals surface area contributed by atoms with E-state index in [1.165, 1.54) is 25.3 Å². The molecule has 1 aliphatic rings. The molecule has 1 fully saturated rings. The molecular formula is C13H20ClNO3S2. The second-order valence-electron chi connectivity index (χ2n) is 5.30. The highest BCUT2D eigenvalue weighted by Gasteiger charge is 2.24. The molecule has 1 saturated carbocycles. The van der Waals surface area contributed by atoms with Crippen molar-refractivity contribution in [2.45, 2.75) is 48.8 Å². The van der Waals surface area contributed by atoms with Crippen LogP contribution in [0.5, 0.6) is 0 Å². The van der Waals surface area contributed by atoms with Gasteiger partial charge in [0.2, 0.25) is 10.0 Å². The van der Waals surface area contributed by atoms with E-state index in [2.05, 4.69) is 4.72 Å². The molecule has 0 aliphatic heterocycles. The Balaban J connectivity index is 1.98. The van der Waals surface area contributed by atoms with Gasteiger partial charge in [-0.1, -0.05) is 43.7 Å². The van der Waals surface area contributed by atoms with Gasteiger partial charge in [0.25, 0.3) is 0 Å². The zero-order valence-electron chi connectivity index (χ0n) is 11.2. The van der Waals surface area contributed by atoms with Crippen molar-refractivity contribution < 1.29 is 13.5 Å². The minimum Gasteiger partial charge on any atom is -0.395 e. The summed E-state index contributed by atoms with van der Waals surface area (Å²) in [5, 5.41) is 9.42. The average Bonchev–Trinajstić information content (AvgIpc) is 2.86. The summed E-state index contributed by atoms with van der Waals surface area (Å²) in [5.74, 6) is 0.510. The first-order valence-electron chi connectivity index (χ1n) is 6.90. The summed E-state index contributed by atoms with van der Waals surface area (Å²) >= 11 is 6.80. The number of aliphatic hydroxyl groups is 1. The molecule has 1 atom stereocenters. The summed E-state index contributed by atoms with van der Waals surface area (Å²) in [6.07, 6.45) is 6.63. The normalized spacial score (nSPS) is 19.1. The number of rotatable bonds is 6. The molecule has 1 aromatic heterocycles. The van der Waals surface area contributed by atoms with Gasteiger partial charge in [-0.2, -0.15) is 0 Å². The fraction of sp³-hybridized carbons (Fsp3) is 0.692. The second-order valence-corrected chi connectivity index (χ2v) is 8.95. The molecule has 1 aromatic rings. The Morgan fingerprint density at radius 2 is 2.05 bits per heavy atom. The van der Waals surface area contributed by atoms with Gasteiger partial charge in [-0.15, -0.1) is 11.3 Å². The molecule has 4 nitrogen and oxygen atoms in total. The van der Waals surface area contributed by atoms with E-state index in [0.29, 0.717) is 16.7 Å². The molecule has 114 valence electrons. The van der Waals surface area contributed by atoms with Crippen molar-refractivity contribution in [3.8, 4) is 0 Å². The lowest BCUT2D eigenvalue weighted by molar-refractivity contribution is 0.218. The zero-order chi connectivity index (χ0) is 14.6. The van der Waals surface area contributed by atoms with Gasteiger partial charge in [0.05, 0.1) is 10.9 Å². The van der Waals surface area contributed by atoms with Crippen molar-refractivity contribution in [3.63, 3.8) is 0 Å². The fourth-order valence-electron chi connectivity index (χ4n) is 2.70. The summed E-state index contributed by atoms with van der Waals surface area (Å²) in [5.41, 5.74) is 0. The fourth-order valence-corrected chi connectivity index (χ4v) is 5.44. The summed E-state index contributed by atoms with van der Waals surface area (Å²) in [4.78, 5) is 0. The third kappa shape index (κ3) is 4.43. The number of hydrogen-bond donors (Lipinski definition) is 2. The molecule has 0 saturated heterocycles. The Labute approximate surface area is 129 Å². The van der Waals surface area contributed by atoms with Crippen LogP contribution in [0.15, 0.2) is 16.3 Å². The lowest BCUT2D eigenvalue weighted by atomic mass is 9.85. The first-order valence-corrected chi connectivity index (χ1v) is 9.57. The molecule has 20 heavy (non-hydrogen) atoms. The van der Waals surface area contributed by atoms with E-state index >= 15 is 0 Å². The second kappa shape index (κ2) is 7.22. The summed E-state index contributed by atoms with van der Waals surface area (Å²) in [6, 6.07) is 2.64. The van der Waals surface area contributed by atoms with Crippen LogP contribution in [0.25, 0.3) is 0 Å². The van der Waals surface area contributed by atoms with Crippen LogP contribution in [-0.2, 0) is 10.0 Å². The summed E-state index contributed by atoms with van der Waals surface area (Å²) in [7, 11) is -3.58. The molecule has 2 rings (SSSR count). The number of aliphatic hydroxyl groups excluding tert-OH is 1. The molecule has 0 aromatic carbocycles. The van der Waals surface area contributed by atoms with Crippen LogP contribution >= 0.6 is 22.9 Å². The SMILES string of the molecule is O=S(=O)(N[C@H](CO)CC1CCCCC1)c1ccc(Cl)s1. The van der Waals surface area contributed by atoms with Crippen molar-refractivity contribution in [3.05, 3.63) is 16.5 Å². The number of sulfonamides is 1. The van der Waals surface area contributed by atoms with Gasteiger partial charge in [-0.05, 0) is 24.5 Å². The highest BCUT2D eigenvalue weighted by Crippen LogP contribution is 2.29. The number of hydrogen-bond acceptors (Lipinski definition) is 4. The Morgan fingerprint density at radius 3 is 2.60 bits per heavy atom. The molecule has 0 radical (unpaired) electrons. The topological polar surface area (TPSA) is 66.4 Å². The van der Waals surface area contributed by atoms with Gasteiger partial charge in [-0.3, -0.25) is 0 Å². The number of thiophene rings is 1. The van der Waals surface area contributed by atoms with Gasteiger partial charge < -0.3 is 5.11 Å². The van der Waals surface area contributed by atoms with Crippen LogP contribution in [0.4, 0.5) is 0 Å². The van der Waals surface area contributed by atoms with Crippen molar-refractivity contribution in [1.29, 1.82) is 0 Å². The minimum atomic E-state index is -3.58. The maximum absolute atomic E-state index is 12.2. The molecule has 7 heteroatoms. The first-order chi connectivity index (χ1) is 9.51. The van der Waals surface area contributed by atoms with Crippen LogP contribution in [0.1, 0.15) is 38.5 Å². The monoisotopic (exact) mass is 337 g/mol. The Bertz CT molecular complexity index is 523. The Hall–Kier alpha value is -0.140. The van der Waals surface area contributed by atoms with E-state index in [1.54, 1.807) is 6.07 Å². The first kappa shape index (κ1) is 16.2. The van der Waals surface area contributed by atoms with E-state index in [0.717, 1.165) is 24.2 Å². The molecule has 0 spiro atoms. The van der Waals surface area contributed by atoms with Gasteiger partial charge in [0, 0.05) is 6.04 Å². The van der Waals surface area contributed by atoms with Crippen LogP contribution < -0.4 is 4.72 Å². The summed E-state index contributed by atoms with van der Waals surface area (Å²) in [6.45, 7) is -0.172. The Morgan fingerprint density at radius 1 is 1.35 bits per heavy atom. The zero-order valence-corrected chi connectivity index (χ0v) is 13.6. The highest BCUT2D eigenvalue weighted by molar-refractivity contribution is 7.91. The number of halogens is 1. The highest BCUT2D eigenvalue weighted by atomic mass is 35.5. The standard InChI is InChI=1S/C13H20ClNO3S2/c14-12-6-7-13(19-12)20(17,18)15-11(9-16)8-10-4-2-1-3-5-10/h6-7,10-11,15-16H,1-5,8-9H2/t11-/m0/s1. The van der Waals surface area contributed by atoms with Crippen LogP contribution in [0.3, 0.4) is 0 Å². The van der Waals surface area contributed by atoms with E-state index in [9.17, 15) is 13.5 Å². The van der Waals surface area contributed by atoms with E-state index in [1.807, 2.05) is 0 Å². The minimum absolute atomic E-state index is 0.172. The molecule has 0 amide bonds. The van der Waals surface area contributed by atoms with E-state index < -0.39 is 16.1 Å². The van der Waals surface area contributed by atoms with Gasteiger partial charge in [0.15, 0.2) is 0 Å². The smallest absolute Gasteiger partial charge is 0.250 e. The average molecular weight is 338 g/mol. The van der Waals surface area contributed by atoms with Crippen molar-refractivity contribution in [2.75, 3.05) is 6.61 Å². The third-order valence-corrected chi connectivity index (χ3v) is 6.94. The van der Waals surface area contributed by atoms with Crippen LogP contribution in [0, 0.1) is 5.92 Å². The molecular weight excluding hydrogens is 318 g/mol. The Kier molecular flexibility index (Phi) is 5.86. The van der Waals surface area contributed by atoms with Crippen LogP contribution in [-0.4, -0.2) is 26.2 Å². The maximum atomic E-state index is 12.2. The van der Waals surface area contributed by atoms with Crippen molar-refractivity contribution in [1.82, 2.24) is 4.72 Å². The molecule has 1 heterocycles. The largest absolute Gasteiger partial charge is 0.395 e. The number of nitrogens with one attached hydrogen (secondary N) is 1. The van der Waals surface area contributed by atoms with Crippen molar-refractivity contribution >= 4 is 33.0 Å². The van der Waals surface area contributed by atoms with Crippen molar-refractivity contribution in [2.24, 2.45) is 5.92 Å².